The van der Waals surface area contributed by atoms with Crippen LogP contribution >= 0.6 is 34.8 Å². The number of rotatable bonds is 15. The van der Waals surface area contributed by atoms with Crippen molar-refractivity contribution in [3.8, 4) is 5.75 Å². The fourth-order valence-corrected chi connectivity index (χ4v) is 7.13. The topological polar surface area (TPSA) is 96.0 Å². The summed E-state index contributed by atoms with van der Waals surface area (Å²) in [4.78, 5) is 29.9. The molecule has 0 aliphatic rings. The van der Waals surface area contributed by atoms with Crippen molar-refractivity contribution in [1.29, 1.82) is 0 Å². The van der Waals surface area contributed by atoms with E-state index >= 15 is 0 Å². The lowest BCUT2D eigenvalue weighted by Crippen LogP contribution is -2.53. The maximum Gasteiger partial charge on any atom is 0.264 e. The van der Waals surface area contributed by atoms with Crippen LogP contribution in [0.1, 0.15) is 30.9 Å². The van der Waals surface area contributed by atoms with Gasteiger partial charge in [0.25, 0.3) is 10.0 Å². The van der Waals surface area contributed by atoms with Crippen molar-refractivity contribution in [2.75, 3.05) is 24.5 Å². The monoisotopic (exact) mass is 715 g/mol. The maximum atomic E-state index is 14.7. The van der Waals surface area contributed by atoms with Gasteiger partial charge in [-0.15, -0.1) is 0 Å². The van der Waals surface area contributed by atoms with Crippen molar-refractivity contribution in [2.24, 2.45) is 0 Å². The Hall–Kier alpha value is -3.76. The first-order valence-electron chi connectivity index (χ1n) is 15.0. The quantitative estimate of drug-likeness (QED) is 0.129. The van der Waals surface area contributed by atoms with Gasteiger partial charge in [0.15, 0.2) is 0 Å². The number of nitrogens with one attached hydrogen (secondary N) is 1. The number of sulfonamides is 1. The second-order valence-electron chi connectivity index (χ2n) is 10.7. The Bertz CT molecular complexity index is 1760. The summed E-state index contributed by atoms with van der Waals surface area (Å²) in [7, 11) is -2.96. The first kappa shape index (κ1) is 36.1. The van der Waals surface area contributed by atoms with Gasteiger partial charge in [-0.25, -0.2) is 8.42 Å². The van der Waals surface area contributed by atoms with Crippen molar-refractivity contribution in [3.05, 3.63) is 123 Å². The van der Waals surface area contributed by atoms with E-state index in [0.29, 0.717) is 22.2 Å². The molecule has 4 aromatic rings. The highest BCUT2D eigenvalue weighted by molar-refractivity contribution is 7.92. The van der Waals surface area contributed by atoms with Crippen LogP contribution in [0, 0.1) is 0 Å². The van der Waals surface area contributed by atoms with Crippen molar-refractivity contribution in [3.63, 3.8) is 0 Å². The van der Waals surface area contributed by atoms with Crippen LogP contribution < -0.4 is 14.4 Å². The van der Waals surface area contributed by atoms with Crippen LogP contribution in [0.15, 0.2) is 102 Å². The molecule has 0 aliphatic heterocycles. The molecule has 248 valence electrons. The van der Waals surface area contributed by atoms with Crippen LogP contribution in [-0.4, -0.2) is 51.4 Å². The minimum absolute atomic E-state index is 0.0475. The number of nitrogens with zero attached hydrogens (tertiary/aromatic N) is 2. The number of unbranched alkanes of at least 4 members (excludes halogenated alkanes) is 1. The molecule has 1 atom stereocenters. The molecule has 0 aliphatic carbocycles. The van der Waals surface area contributed by atoms with E-state index in [1.807, 2.05) is 37.3 Å². The summed E-state index contributed by atoms with van der Waals surface area (Å²) in [6, 6.07) is 25.4. The summed E-state index contributed by atoms with van der Waals surface area (Å²) in [6.07, 6.45) is 1.75. The van der Waals surface area contributed by atoms with Gasteiger partial charge < -0.3 is 15.0 Å². The molecule has 0 aromatic heterocycles. The van der Waals surface area contributed by atoms with Gasteiger partial charge in [-0.2, -0.15) is 0 Å². The zero-order chi connectivity index (χ0) is 34.0. The number of benzene rings is 4. The molecule has 0 radical (unpaired) electrons. The van der Waals surface area contributed by atoms with E-state index in [2.05, 4.69) is 5.32 Å². The molecule has 0 spiro atoms. The van der Waals surface area contributed by atoms with E-state index in [-0.39, 0.29) is 34.3 Å². The van der Waals surface area contributed by atoms with E-state index in [0.717, 1.165) is 22.7 Å². The average Bonchev–Trinajstić information content (AvgIpc) is 3.07. The third kappa shape index (κ3) is 9.20. The Labute approximate surface area is 291 Å². The van der Waals surface area contributed by atoms with Crippen LogP contribution in [0.3, 0.4) is 0 Å². The lowest BCUT2D eigenvalue weighted by Gasteiger charge is -2.34. The fourth-order valence-electron chi connectivity index (χ4n) is 5.00. The van der Waals surface area contributed by atoms with Gasteiger partial charge in [0.05, 0.1) is 17.7 Å². The molecule has 0 bridgehead atoms. The third-order valence-electron chi connectivity index (χ3n) is 7.51. The summed E-state index contributed by atoms with van der Waals surface area (Å²) in [5.74, 6) is -0.883. The van der Waals surface area contributed by atoms with Crippen molar-refractivity contribution in [1.82, 2.24) is 10.2 Å². The molecule has 4 aromatic carbocycles. The standard InChI is InChI=1S/C35H36Cl3N3O5S/c1-3-4-20-39-35(43)32(21-25-12-7-5-8-13-25)40(23-28-29(37)16-11-17-30(28)38)34(42)24-41(31-22-26(36)18-19-33(31)46-2)47(44,45)27-14-9-6-10-15-27/h5-19,22,32H,3-4,20-21,23-24H2,1-2H3,(H,39,43). The molecule has 2 amide bonds. The third-order valence-corrected chi connectivity index (χ3v) is 10.2. The number of halogens is 3. The van der Waals surface area contributed by atoms with Gasteiger partial charge in [-0.3, -0.25) is 13.9 Å². The number of ether oxygens (including phenoxy) is 1. The normalized spacial score (nSPS) is 11.9. The van der Waals surface area contributed by atoms with Gasteiger partial charge in [0.1, 0.15) is 18.3 Å². The van der Waals surface area contributed by atoms with Crippen LogP contribution in [0.4, 0.5) is 5.69 Å². The highest BCUT2D eigenvalue weighted by atomic mass is 35.5. The van der Waals surface area contributed by atoms with Gasteiger partial charge in [0, 0.05) is 40.1 Å². The molecule has 0 heterocycles. The number of hydrogen-bond donors (Lipinski definition) is 1. The average molecular weight is 717 g/mol. The number of carbonyl (C=O) groups is 2. The molecule has 0 fully saturated rings. The van der Waals surface area contributed by atoms with Gasteiger partial charge in [-0.05, 0) is 54.4 Å². The van der Waals surface area contributed by atoms with E-state index in [4.69, 9.17) is 39.5 Å². The van der Waals surface area contributed by atoms with Gasteiger partial charge >= 0.3 is 0 Å². The van der Waals surface area contributed by atoms with E-state index in [9.17, 15) is 18.0 Å². The number of methoxy groups -OCH3 is 1. The van der Waals surface area contributed by atoms with Crippen molar-refractivity contribution >= 4 is 62.3 Å². The van der Waals surface area contributed by atoms with E-state index in [1.54, 1.807) is 42.5 Å². The second kappa shape index (κ2) is 16.9. The van der Waals surface area contributed by atoms with E-state index < -0.39 is 34.4 Å². The second-order valence-corrected chi connectivity index (χ2v) is 13.8. The SMILES string of the molecule is CCCCNC(=O)C(Cc1ccccc1)N(Cc1c(Cl)cccc1Cl)C(=O)CN(c1cc(Cl)ccc1OC)S(=O)(=O)c1ccccc1. The fraction of sp³-hybridized carbons (Fsp3) is 0.257. The largest absolute Gasteiger partial charge is 0.495 e. The summed E-state index contributed by atoms with van der Waals surface area (Å²) in [6.45, 7) is 1.56. The molecule has 1 unspecified atom stereocenters. The predicted octanol–water partition coefficient (Wildman–Crippen LogP) is 7.41. The lowest BCUT2D eigenvalue weighted by atomic mass is 10.0. The van der Waals surface area contributed by atoms with Gasteiger partial charge in [-0.1, -0.05) is 103 Å². The highest BCUT2D eigenvalue weighted by Gasteiger charge is 2.36. The smallest absolute Gasteiger partial charge is 0.264 e. The molecule has 8 nitrogen and oxygen atoms in total. The molecule has 47 heavy (non-hydrogen) atoms. The molecule has 0 saturated heterocycles. The summed E-state index contributed by atoms with van der Waals surface area (Å²) in [5.41, 5.74) is 1.28. The molecule has 4 rings (SSSR count). The Morgan fingerprint density at radius 1 is 0.872 bits per heavy atom. The predicted molar refractivity (Wildman–Crippen MR) is 188 cm³/mol. The van der Waals surface area contributed by atoms with Gasteiger partial charge in [0.2, 0.25) is 11.8 Å². The van der Waals surface area contributed by atoms with E-state index in [1.165, 1.54) is 36.3 Å². The first-order valence-corrected chi connectivity index (χ1v) is 17.6. The van der Waals surface area contributed by atoms with Crippen LogP contribution in [0.5, 0.6) is 5.75 Å². The summed E-state index contributed by atoms with van der Waals surface area (Å²) < 4.78 is 34.9. The lowest BCUT2D eigenvalue weighted by molar-refractivity contribution is -0.140. The van der Waals surface area contributed by atoms with Crippen LogP contribution in [0.25, 0.3) is 0 Å². The molecule has 12 heteroatoms. The van der Waals surface area contributed by atoms with Crippen molar-refractivity contribution < 1.29 is 22.7 Å². The maximum absolute atomic E-state index is 14.7. The number of hydrogen-bond acceptors (Lipinski definition) is 5. The number of carbonyl (C=O) groups excluding carboxylic acids is 2. The Balaban J connectivity index is 1.86. The van der Waals surface area contributed by atoms with Crippen molar-refractivity contribution in [2.45, 2.75) is 43.7 Å². The van der Waals surface area contributed by atoms with Crippen LogP contribution in [-0.2, 0) is 32.6 Å². The Kier molecular flexibility index (Phi) is 13.0. The zero-order valence-electron chi connectivity index (χ0n) is 26.0. The Morgan fingerprint density at radius 3 is 2.13 bits per heavy atom. The number of amides is 2. The highest BCUT2D eigenvalue weighted by Crippen LogP contribution is 2.35. The Morgan fingerprint density at radius 2 is 1.51 bits per heavy atom. The molecular formula is C35H36Cl3N3O5S. The molecular weight excluding hydrogens is 681 g/mol. The minimum Gasteiger partial charge on any atom is -0.495 e. The minimum atomic E-state index is -4.35. The summed E-state index contributed by atoms with van der Waals surface area (Å²) in [5, 5.41) is 3.78. The summed E-state index contributed by atoms with van der Waals surface area (Å²) >= 11 is 19.5. The zero-order valence-corrected chi connectivity index (χ0v) is 29.1. The molecule has 0 saturated carbocycles. The number of anilines is 1. The first-order chi connectivity index (χ1) is 22.6. The van der Waals surface area contributed by atoms with Crippen LogP contribution in [0.2, 0.25) is 15.1 Å². The molecule has 1 N–H and O–H groups in total.